The SMILES string of the molecule is O=C(Cn1ncc2c1CSC2)NCc1cncc(-c2ccsc2)c1. The number of amides is 1. The van der Waals surface area contributed by atoms with E-state index in [2.05, 4.69) is 32.9 Å². The fourth-order valence-electron chi connectivity index (χ4n) is 2.69. The van der Waals surface area contributed by atoms with Gasteiger partial charge in [0.25, 0.3) is 0 Å². The van der Waals surface area contributed by atoms with Crippen LogP contribution in [-0.2, 0) is 29.4 Å². The molecule has 0 saturated carbocycles. The maximum absolute atomic E-state index is 12.2. The zero-order valence-corrected chi connectivity index (χ0v) is 14.6. The number of thiophene rings is 1. The fourth-order valence-corrected chi connectivity index (χ4v) is 4.45. The second-order valence-corrected chi connectivity index (χ2v) is 7.40. The van der Waals surface area contributed by atoms with Gasteiger partial charge in [0.2, 0.25) is 5.91 Å². The largest absolute Gasteiger partial charge is 0.350 e. The summed E-state index contributed by atoms with van der Waals surface area (Å²) >= 11 is 3.52. The molecule has 1 aliphatic rings. The summed E-state index contributed by atoms with van der Waals surface area (Å²) in [5, 5.41) is 11.4. The number of fused-ring (bicyclic) bond motifs is 1. The van der Waals surface area contributed by atoms with Crippen LogP contribution in [0.5, 0.6) is 0 Å². The van der Waals surface area contributed by atoms with E-state index >= 15 is 0 Å². The summed E-state index contributed by atoms with van der Waals surface area (Å²) in [6.45, 7) is 0.746. The molecule has 0 radical (unpaired) electrons. The van der Waals surface area contributed by atoms with Crippen LogP contribution in [0.4, 0.5) is 0 Å². The Hall–Kier alpha value is -2.12. The number of nitrogens with zero attached hydrogens (tertiary/aromatic N) is 3. The van der Waals surface area contributed by atoms with E-state index < -0.39 is 0 Å². The van der Waals surface area contributed by atoms with Gasteiger partial charge in [-0.3, -0.25) is 14.5 Å². The van der Waals surface area contributed by atoms with E-state index in [1.54, 1.807) is 17.5 Å². The second-order valence-electron chi connectivity index (χ2n) is 5.64. The van der Waals surface area contributed by atoms with Crippen LogP contribution in [0.3, 0.4) is 0 Å². The first kappa shape index (κ1) is 15.4. The van der Waals surface area contributed by atoms with Gasteiger partial charge in [0.05, 0.1) is 11.9 Å². The number of thioether (sulfide) groups is 1. The number of hydrogen-bond donors (Lipinski definition) is 1. The summed E-state index contributed by atoms with van der Waals surface area (Å²) in [5.74, 6) is 1.91. The minimum absolute atomic E-state index is 0.0289. The summed E-state index contributed by atoms with van der Waals surface area (Å²) in [6.07, 6.45) is 5.51. The molecule has 122 valence electrons. The average Bonchev–Trinajstić information content (AvgIpc) is 3.33. The molecule has 0 atom stereocenters. The van der Waals surface area contributed by atoms with Crippen molar-refractivity contribution in [2.45, 2.75) is 24.6 Å². The van der Waals surface area contributed by atoms with Crippen LogP contribution >= 0.6 is 23.1 Å². The highest BCUT2D eigenvalue weighted by Crippen LogP contribution is 2.29. The zero-order valence-electron chi connectivity index (χ0n) is 12.9. The predicted molar refractivity (Wildman–Crippen MR) is 96.6 cm³/mol. The lowest BCUT2D eigenvalue weighted by molar-refractivity contribution is -0.122. The van der Waals surface area contributed by atoms with Gasteiger partial charge in [-0.05, 0) is 34.0 Å². The van der Waals surface area contributed by atoms with Gasteiger partial charge in [0.15, 0.2) is 0 Å². The number of rotatable bonds is 5. The lowest BCUT2D eigenvalue weighted by Crippen LogP contribution is -2.28. The molecule has 1 aliphatic heterocycles. The van der Waals surface area contributed by atoms with E-state index in [0.717, 1.165) is 28.2 Å². The van der Waals surface area contributed by atoms with Gasteiger partial charge in [-0.1, -0.05) is 0 Å². The Bertz CT molecular complexity index is 857. The smallest absolute Gasteiger partial charge is 0.242 e. The summed E-state index contributed by atoms with van der Waals surface area (Å²) in [7, 11) is 0. The van der Waals surface area contributed by atoms with Gasteiger partial charge in [0, 0.05) is 41.6 Å². The summed E-state index contributed by atoms with van der Waals surface area (Å²) in [6, 6.07) is 4.14. The van der Waals surface area contributed by atoms with E-state index in [0.29, 0.717) is 6.54 Å². The molecule has 4 rings (SSSR count). The Morgan fingerprint density at radius 1 is 1.25 bits per heavy atom. The van der Waals surface area contributed by atoms with E-state index in [9.17, 15) is 4.79 Å². The van der Waals surface area contributed by atoms with Crippen molar-refractivity contribution in [3.63, 3.8) is 0 Å². The third kappa shape index (κ3) is 3.22. The quantitative estimate of drug-likeness (QED) is 0.763. The number of nitrogens with one attached hydrogen (secondary N) is 1. The van der Waals surface area contributed by atoms with Gasteiger partial charge in [0.1, 0.15) is 6.54 Å². The molecule has 3 aromatic heterocycles. The summed E-state index contributed by atoms with van der Waals surface area (Å²) < 4.78 is 1.81. The third-order valence-corrected chi connectivity index (χ3v) is 5.64. The minimum atomic E-state index is -0.0289. The molecule has 1 amide bonds. The first-order valence-corrected chi connectivity index (χ1v) is 9.74. The van der Waals surface area contributed by atoms with Crippen molar-refractivity contribution in [2.24, 2.45) is 0 Å². The van der Waals surface area contributed by atoms with Crippen LogP contribution < -0.4 is 5.32 Å². The molecule has 0 bridgehead atoms. The second kappa shape index (κ2) is 6.78. The van der Waals surface area contributed by atoms with Crippen LogP contribution in [0.15, 0.2) is 41.5 Å². The van der Waals surface area contributed by atoms with Gasteiger partial charge in [-0.15, -0.1) is 0 Å². The van der Waals surface area contributed by atoms with Crippen molar-refractivity contribution >= 4 is 29.0 Å². The first-order valence-electron chi connectivity index (χ1n) is 7.64. The normalized spacial score (nSPS) is 13.0. The maximum atomic E-state index is 12.2. The third-order valence-electron chi connectivity index (χ3n) is 3.96. The Labute approximate surface area is 148 Å². The fraction of sp³-hybridized carbons (Fsp3) is 0.235. The molecule has 0 fully saturated rings. The Kier molecular flexibility index (Phi) is 4.36. The van der Waals surface area contributed by atoms with Gasteiger partial charge in [-0.25, -0.2) is 0 Å². The molecular weight excluding hydrogens is 340 g/mol. The summed E-state index contributed by atoms with van der Waals surface area (Å²) in [4.78, 5) is 16.5. The standard InChI is InChI=1S/C17H16N4OS2/c22-17(8-21-16-11-24-10-15(16)7-20-21)19-5-12-3-14(6-18-4-12)13-1-2-23-9-13/h1-4,6-7,9H,5,8,10-11H2,(H,19,22). The maximum Gasteiger partial charge on any atom is 0.242 e. The van der Waals surface area contributed by atoms with Gasteiger partial charge < -0.3 is 5.32 Å². The van der Waals surface area contributed by atoms with Crippen molar-refractivity contribution in [3.8, 4) is 11.1 Å². The first-order chi connectivity index (χ1) is 11.8. The molecule has 1 N–H and O–H groups in total. The number of carbonyl (C=O) groups is 1. The van der Waals surface area contributed by atoms with Crippen molar-refractivity contribution in [2.75, 3.05) is 0 Å². The van der Waals surface area contributed by atoms with Crippen LogP contribution in [0, 0.1) is 0 Å². The number of pyridine rings is 1. The predicted octanol–water partition coefficient (Wildman–Crippen LogP) is 3.07. The van der Waals surface area contributed by atoms with E-state index in [1.165, 1.54) is 11.3 Å². The molecule has 3 aromatic rings. The Balaban J connectivity index is 1.38. The molecule has 0 spiro atoms. The van der Waals surface area contributed by atoms with E-state index in [-0.39, 0.29) is 12.5 Å². The van der Waals surface area contributed by atoms with Crippen LogP contribution in [-0.4, -0.2) is 20.7 Å². The molecular formula is C17H16N4OS2. The number of hydrogen-bond acceptors (Lipinski definition) is 5. The molecule has 4 heterocycles. The average molecular weight is 356 g/mol. The van der Waals surface area contributed by atoms with Gasteiger partial charge >= 0.3 is 0 Å². The van der Waals surface area contributed by atoms with Crippen LogP contribution in [0.1, 0.15) is 16.8 Å². The minimum Gasteiger partial charge on any atom is -0.350 e. The molecule has 0 aliphatic carbocycles. The highest BCUT2D eigenvalue weighted by Gasteiger charge is 2.18. The Morgan fingerprint density at radius 2 is 2.21 bits per heavy atom. The number of aromatic nitrogens is 3. The topological polar surface area (TPSA) is 59.8 Å². The van der Waals surface area contributed by atoms with Crippen molar-refractivity contribution in [1.82, 2.24) is 20.1 Å². The van der Waals surface area contributed by atoms with Gasteiger partial charge in [-0.2, -0.15) is 28.2 Å². The lowest BCUT2D eigenvalue weighted by atomic mass is 10.1. The van der Waals surface area contributed by atoms with Crippen LogP contribution in [0.2, 0.25) is 0 Å². The van der Waals surface area contributed by atoms with E-state index in [4.69, 9.17) is 0 Å². The zero-order chi connectivity index (χ0) is 16.4. The van der Waals surface area contributed by atoms with Crippen molar-refractivity contribution in [1.29, 1.82) is 0 Å². The van der Waals surface area contributed by atoms with Crippen molar-refractivity contribution < 1.29 is 4.79 Å². The Morgan fingerprint density at radius 3 is 3.08 bits per heavy atom. The molecule has 0 aromatic carbocycles. The molecule has 5 nitrogen and oxygen atoms in total. The lowest BCUT2D eigenvalue weighted by Gasteiger charge is -2.08. The number of carbonyl (C=O) groups excluding carboxylic acids is 1. The van der Waals surface area contributed by atoms with E-state index in [1.807, 2.05) is 34.2 Å². The van der Waals surface area contributed by atoms with Crippen molar-refractivity contribution in [3.05, 3.63) is 58.3 Å². The summed E-state index contributed by atoms with van der Waals surface area (Å²) in [5.41, 5.74) is 5.65. The molecule has 0 saturated heterocycles. The highest BCUT2D eigenvalue weighted by molar-refractivity contribution is 7.98. The monoisotopic (exact) mass is 356 g/mol. The molecule has 7 heteroatoms. The van der Waals surface area contributed by atoms with Crippen LogP contribution in [0.25, 0.3) is 11.1 Å². The molecule has 24 heavy (non-hydrogen) atoms. The molecule has 0 unspecified atom stereocenters. The highest BCUT2D eigenvalue weighted by atomic mass is 32.2.